The number of carbonyl (C=O) groups is 1. The Labute approximate surface area is 200 Å². The summed E-state index contributed by atoms with van der Waals surface area (Å²) >= 11 is 5.94. The Hall–Kier alpha value is -2.53. The van der Waals surface area contributed by atoms with E-state index in [2.05, 4.69) is 27.7 Å². The Kier molecular flexibility index (Phi) is 6.86. The van der Waals surface area contributed by atoms with E-state index in [9.17, 15) is 4.79 Å². The van der Waals surface area contributed by atoms with Crippen molar-refractivity contribution < 1.29 is 9.53 Å². The van der Waals surface area contributed by atoms with Crippen LogP contribution in [0.1, 0.15) is 63.1 Å². The van der Waals surface area contributed by atoms with Gasteiger partial charge in [-0.3, -0.25) is 4.79 Å². The second-order valence-electron chi connectivity index (χ2n) is 9.36. The molecule has 2 aromatic carbocycles. The molecule has 1 aliphatic heterocycles. The van der Waals surface area contributed by atoms with E-state index < -0.39 is 0 Å². The number of aryl methyl sites for hydroxylation is 1. The maximum atomic E-state index is 12.9. The van der Waals surface area contributed by atoms with Crippen LogP contribution in [0.25, 0.3) is 11.0 Å². The minimum atomic E-state index is 0.178. The van der Waals surface area contributed by atoms with E-state index in [-0.39, 0.29) is 5.92 Å². The lowest BCUT2D eigenvalue weighted by molar-refractivity contribution is -0.130. The molecule has 2 aliphatic rings. The first kappa shape index (κ1) is 22.3. The number of hydrogen-bond donors (Lipinski definition) is 0. The maximum Gasteiger partial charge on any atom is 0.223 e. The van der Waals surface area contributed by atoms with Gasteiger partial charge in [-0.25, -0.2) is 4.98 Å². The van der Waals surface area contributed by atoms with Crippen LogP contribution in [0.15, 0.2) is 48.5 Å². The molecule has 0 radical (unpaired) electrons. The van der Waals surface area contributed by atoms with Crippen molar-refractivity contribution in [2.24, 2.45) is 0 Å². The summed E-state index contributed by atoms with van der Waals surface area (Å²) in [6.45, 7) is 2.36. The smallest absolute Gasteiger partial charge is 0.223 e. The molecule has 174 valence electrons. The number of benzene rings is 2. The van der Waals surface area contributed by atoms with Gasteiger partial charge < -0.3 is 14.2 Å². The van der Waals surface area contributed by atoms with E-state index >= 15 is 0 Å². The fraction of sp³-hybridized carbons (Fsp3) is 0.481. The number of nitrogens with zero attached hydrogens (tertiary/aromatic N) is 3. The maximum absolute atomic E-state index is 12.9. The van der Waals surface area contributed by atoms with Gasteiger partial charge in [0, 0.05) is 36.5 Å². The minimum Gasteiger partial charge on any atom is -0.494 e. The molecule has 33 heavy (non-hydrogen) atoms. The number of hydrogen-bond acceptors (Lipinski definition) is 3. The van der Waals surface area contributed by atoms with Gasteiger partial charge in [-0.05, 0) is 62.1 Å². The molecule has 0 spiro atoms. The van der Waals surface area contributed by atoms with Crippen LogP contribution in [0, 0.1) is 0 Å². The first-order chi connectivity index (χ1) is 16.2. The standard InChI is InChI=1S/C27H32ClN3O2/c28-21-12-14-23(15-13-21)33-17-7-6-16-30-25-11-5-4-10-24(25)29-27(30)20-18-26(32)31(19-20)22-8-2-1-3-9-22/h4-5,10-15,20,22H,1-3,6-9,16-19H2. The van der Waals surface area contributed by atoms with Crippen molar-refractivity contribution in [2.75, 3.05) is 13.2 Å². The van der Waals surface area contributed by atoms with Crippen molar-refractivity contribution in [2.45, 2.75) is 69.9 Å². The summed E-state index contributed by atoms with van der Waals surface area (Å²) < 4.78 is 8.21. The summed E-state index contributed by atoms with van der Waals surface area (Å²) in [4.78, 5) is 20.1. The van der Waals surface area contributed by atoms with E-state index in [0.717, 1.165) is 61.4 Å². The summed E-state index contributed by atoms with van der Waals surface area (Å²) in [6.07, 6.45) is 8.63. The van der Waals surface area contributed by atoms with Gasteiger partial charge in [-0.1, -0.05) is 43.0 Å². The third-order valence-electron chi connectivity index (χ3n) is 7.08. The van der Waals surface area contributed by atoms with Gasteiger partial charge in [-0.2, -0.15) is 0 Å². The summed E-state index contributed by atoms with van der Waals surface area (Å²) in [5.41, 5.74) is 2.18. The first-order valence-corrected chi connectivity index (χ1v) is 12.7. The Bertz CT molecular complexity index is 1090. The normalized spacial score (nSPS) is 19.5. The summed E-state index contributed by atoms with van der Waals surface area (Å²) in [5.74, 6) is 2.40. The van der Waals surface area contributed by atoms with Crippen molar-refractivity contribution in [3.63, 3.8) is 0 Å². The molecule has 5 nitrogen and oxygen atoms in total. The molecule has 2 fully saturated rings. The SMILES string of the molecule is O=C1CC(c2nc3ccccc3n2CCCCOc2ccc(Cl)cc2)CN1C1CCCCC1. The second-order valence-corrected chi connectivity index (χ2v) is 9.80. The zero-order valence-electron chi connectivity index (χ0n) is 19.1. The van der Waals surface area contributed by atoms with Crippen LogP contribution in [-0.4, -0.2) is 39.6 Å². The number of rotatable bonds is 8. The van der Waals surface area contributed by atoms with Crippen molar-refractivity contribution >= 4 is 28.5 Å². The molecule has 3 aromatic rings. The number of ether oxygens (including phenoxy) is 1. The highest BCUT2D eigenvalue weighted by Crippen LogP contribution is 2.34. The van der Waals surface area contributed by atoms with Gasteiger partial charge >= 0.3 is 0 Å². The van der Waals surface area contributed by atoms with Crippen LogP contribution in [0.4, 0.5) is 0 Å². The molecular formula is C27H32ClN3O2. The van der Waals surface area contributed by atoms with Gasteiger partial charge in [0.2, 0.25) is 5.91 Å². The van der Waals surface area contributed by atoms with Gasteiger partial charge in [0.25, 0.3) is 0 Å². The fourth-order valence-electron chi connectivity index (χ4n) is 5.38. The Morgan fingerprint density at radius 2 is 1.79 bits per heavy atom. The fourth-order valence-corrected chi connectivity index (χ4v) is 5.51. The van der Waals surface area contributed by atoms with Crippen LogP contribution >= 0.6 is 11.6 Å². The van der Waals surface area contributed by atoms with Crippen LogP contribution in [0.3, 0.4) is 0 Å². The number of aromatic nitrogens is 2. The van der Waals surface area contributed by atoms with Gasteiger partial charge in [-0.15, -0.1) is 0 Å². The van der Waals surface area contributed by atoms with Crippen LogP contribution in [-0.2, 0) is 11.3 Å². The molecule has 0 bridgehead atoms. The average Bonchev–Trinajstić information content (AvgIpc) is 3.41. The molecule has 1 aliphatic carbocycles. The molecule has 1 saturated carbocycles. The number of para-hydroxylation sites is 2. The highest BCUT2D eigenvalue weighted by molar-refractivity contribution is 6.30. The zero-order valence-corrected chi connectivity index (χ0v) is 19.8. The number of fused-ring (bicyclic) bond motifs is 1. The molecule has 0 N–H and O–H groups in total. The third kappa shape index (κ3) is 5.03. The number of unbranched alkanes of at least 4 members (excludes halogenated alkanes) is 1. The molecule has 6 heteroatoms. The largest absolute Gasteiger partial charge is 0.494 e. The lowest BCUT2D eigenvalue weighted by atomic mass is 9.94. The number of imidazole rings is 1. The summed E-state index contributed by atoms with van der Waals surface area (Å²) in [5, 5.41) is 0.717. The second kappa shape index (κ2) is 10.2. The predicted molar refractivity (Wildman–Crippen MR) is 132 cm³/mol. The third-order valence-corrected chi connectivity index (χ3v) is 7.33. The molecule has 1 aromatic heterocycles. The molecule has 1 atom stereocenters. The van der Waals surface area contributed by atoms with Crippen LogP contribution < -0.4 is 4.74 Å². The number of amides is 1. The topological polar surface area (TPSA) is 47.4 Å². The Morgan fingerprint density at radius 1 is 1.00 bits per heavy atom. The van der Waals surface area contributed by atoms with Crippen LogP contribution in [0.5, 0.6) is 5.75 Å². The van der Waals surface area contributed by atoms with E-state index in [4.69, 9.17) is 21.3 Å². The van der Waals surface area contributed by atoms with E-state index in [1.54, 1.807) is 0 Å². The molecule has 1 saturated heterocycles. The average molecular weight is 466 g/mol. The highest BCUT2D eigenvalue weighted by atomic mass is 35.5. The minimum absolute atomic E-state index is 0.178. The number of likely N-dealkylation sites (tertiary alicyclic amines) is 1. The Balaban J connectivity index is 1.25. The van der Waals surface area contributed by atoms with Gasteiger partial charge in [0.05, 0.1) is 17.6 Å². The van der Waals surface area contributed by atoms with Crippen molar-refractivity contribution in [1.82, 2.24) is 14.5 Å². The molecule has 1 amide bonds. The predicted octanol–water partition coefficient (Wildman–Crippen LogP) is 6.20. The van der Waals surface area contributed by atoms with Crippen molar-refractivity contribution in [3.05, 3.63) is 59.4 Å². The summed E-state index contributed by atoms with van der Waals surface area (Å²) in [7, 11) is 0. The van der Waals surface area contributed by atoms with Crippen molar-refractivity contribution in [3.8, 4) is 5.75 Å². The van der Waals surface area contributed by atoms with E-state index in [1.807, 2.05) is 30.3 Å². The van der Waals surface area contributed by atoms with Gasteiger partial charge in [0.15, 0.2) is 0 Å². The lowest BCUT2D eigenvalue weighted by Crippen LogP contribution is -2.37. The number of halogens is 1. The van der Waals surface area contributed by atoms with Gasteiger partial charge in [0.1, 0.15) is 11.6 Å². The first-order valence-electron chi connectivity index (χ1n) is 12.3. The number of carbonyl (C=O) groups excluding carboxylic acids is 1. The molecule has 1 unspecified atom stereocenters. The lowest BCUT2D eigenvalue weighted by Gasteiger charge is -2.31. The zero-order chi connectivity index (χ0) is 22.6. The van der Waals surface area contributed by atoms with Crippen molar-refractivity contribution in [1.29, 1.82) is 0 Å². The monoisotopic (exact) mass is 465 g/mol. The quantitative estimate of drug-likeness (QED) is 0.372. The molecule has 2 heterocycles. The summed E-state index contributed by atoms with van der Waals surface area (Å²) in [6, 6.07) is 16.3. The molecule has 5 rings (SSSR count). The van der Waals surface area contributed by atoms with Crippen LogP contribution in [0.2, 0.25) is 5.02 Å². The Morgan fingerprint density at radius 3 is 2.61 bits per heavy atom. The highest BCUT2D eigenvalue weighted by Gasteiger charge is 2.37. The van der Waals surface area contributed by atoms with E-state index in [1.165, 1.54) is 19.3 Å². The van der Waals surface area contributed by atoms with E-state index in [0.29, 0.717) is 30.0 Å². The molecular weight excluding hydrogens is 434 g/mol.